The number of urea groups is 1. The number of carbonyl (C=O) groups is 2. The van der Waals surface area contributed by atoms with Gasteiger partial charge >= 0.3 is 6.03 Å². The molecule has 3 rings (SSSR count). The second kappa shape index (κ2) is 8.52. The average Bonchev–Trinajstić information content (AvgIpc) is 3.19. The van der Waals surface area contributed by atoms with E-state index in [1.165, 1.54) is 0 Å². The van der Waals surface area contributed by atoms with Crippen LogP contribution in [0.3, 0.4) is 0 Å². The predicted molar refractivity (Wildman–Crippen MR) is 111 cm³/mol. The summed E-state index contributed by atoms with van der Waals surface area (Å²) in [6.45, 7) is 8.57. The number of hydrogen-bond donors (Lipinski definition) is 3. The van der Waals surface area contributed by atoms with E-state index in [-0.39, 0.29) is 11.9 Å². The van der Waals surface area contributed by atoms with Gasteiger partial charge in [0, 0.05) is 18.7 Å². The van der Waals surface area contributed by atoms with Crippen molar-refractivity contribution in [3.05, 3.63) is 29.3 Å². The zero-order valence-electron chi connectivity index (χ0n) is 17.9. The number of rotatable bonds is 4. The molecule has 162 valence electrons. The molecule has 1 aromatic carbocycles. The highest BCUT2D eigenvalue weighted by Gasteiger charge is 2.45. The molecule has 1 fully saturated rings. The number of aliphatic hydroxyl groups excluding tert-OH is 1. The van der Waals surface area contributed by atoms with Crippen LogP contribution in [0.15, 0.2) is 18.2 Å². The lowest BCUT2D eigenvalue weighted by atomic mass is 9.85. The number of nitrogens with zero attached hydrogens (tertiary/aromatic N) is 2. The van der Waals surface area contributed by atoms with Gasteiger partial charge in [-0.1, -0.05) is 13.8 Å². The lowest BCUT2D eigenvalue weighted by Crippen LogP contribution is -2.56. The minimum atomic E-state index is -1.02. The number of aliphatic hydroxyl groups is 1. The van der Waals surface area contributed by atoms with E-state index in [1.807, 2.05) is 13.8 Å². The van der Waals surface area contributed by atoms with E-state index in [2.05, 4.69) is 16.7 Å². The number of fused-ring (bicyclic) bond motifs is 1. The van der Waals surface area contributed by atoms with Crippen LogP contribution >= 0.6 is 0 Å². The van der Waals surface area contributed by atoms with Gasteiger partial charge in [0.25, 0.3) is 0 Å². The molecule has 1 saturated heterocycles. The minimum Gasteiger partial charge on any atom is -0.485 e. The van der Waals surface area contributed by atoms with E-state index in [4.69, 9.17) is 4.74 Å². The fourth-order valence-corrected chi connectivity index (χ4v) is 3.95. The summed E-state index contributed by atoms with van der Waals surface area (Å²) in [5, 5.41) is 25.9. The quantitative estimate of drug-likeness (QED) is 0.698. The van der Waals surface area contributed by atoms with Gasteiger partial charge in [-0.2, -0.15) is 5.26 Å². The van der Waals surface area contributed by atoms with Crippen LogP contribution < -0.4 is 15.4 Å². The normalized spacial score (nSPS) is 24.6. The van der Waals surface area contributed by atoms with Crippen LogP contribution in [-0.4, -0.2) is 52.8 Å². The summed E-state index contributed by atoms with van der Waals surface area (Å²) in [6.07, 6.45) is 0.284. The summed E-state index contributed by atoms with van der Waals surface area (Å²) in [7, 11) is 0. The highest BCUT2D eigenvalue weighted by atomic mass is 16.5. The first-order valence-electron chi connectivity index (χ1n) is 10.4. The molecule has 8 heteroatoms. The van der Waals surface area contributed by atoms with E-state index in [0.29, 0.717) is 42.3 Å². The Morgan fingerprint density at radius 3 is 2.80 bits per heavy atom. The van der Waals surface area contributed by atoms with E-state index < -0.39 is 23.8 Å². The van der Waals surface area contributed by atoms with Gasteiger partial charge < -0.3 is 25.4 Å². The largest absolute Gasteiger partial charge is 0.485 e. The maximum atomic E-state index is 13.1. The Morgan fingerprint density at radius 1 is 1.40 bits per heavy atom. The molecule has 0 unspecified atom stereocenters. The first kappa shape index (κ1) is 21.9. The average molecular weight is 415 g/mol. The number of hydrogen-bond acceptors (Lipinski definition) is 5. The number of ether oxygens (including phenoxy) is 1. The smallest absolute Gasteiger partial charge is 0.318 e. The molecule has 0 aliphatic carbocycles. The molecule has 2 aliphatic rings. The van der Waals surface area contributed by atoms with Crippen molar-refractivity contribution in [2.45, 2.75) is 64.3 Å². The molecule has 0 aromatic heterocycles. The molecule has 0 spiro atoms. The van der Waals surface area contributed by atoms with Crippen LogP contribution in [0.1, 0.15) is 57.7 Å². The lowest BCUT2D eigenvalue weighted by molar-refractivity contribution is -0.129. The summed E-state index contributed by atoms with van der Waals surface area (Å²) in [5.41, 5.74) is 0.0467. The fraction of sp³-hybridized carbons (Fsp3) is 0.591. The highest BCUT2D eigenvalue weighted by molar-refractivity contribution is 5.88. The topological polar surface area (TPSA) is 115 Å². The van der Waals surface area contributed by atoms with Crippen molar-refractivity contribution in [3.63, 3.8) is 0 Å². The molecule has 30 heavy (non-hydrogen) atoms. The van der Waals surface area contributed by atoms with Crippen LogP contribution in [0.5, 0.6) is 5.75 Å². The number of benzene rings is 1. The minimum absolute atomic E-state index is 0.249. The molecule has 2 aliphatic heterocycles. The Labute approximate surface area is 177 Å². The molecule has 1 aromatic rings. The van der Waals surface area contributed by atoms with Gasteiger partial charge in [-0.25, -0.2) is 4.79 Å². The summed E-state index contributed by atoms with van der Waals surface area (Å²) in [6, 6.07) is 5.43. The molecule has 3 N–H and O–H groups in total. The van der Waals surface area contributed by atoms with Gasteiger partial charge in [0.15, 0.2) is 0 Å². The van der Waals surface area contributed by atoms with E-state index in [0.717, 1.165) is 6.42 Å². The lowest BCUT2D eigenvalue weighted by Gasteiger charge is -2.42. The van der Waals surface area contributed by atoms with Crippen molar-refractivity contribution in [2.75, 3.05) is 13.1 Å². The first-order chi connectivity index (χ1) is 14.1. The molecule has 0 radical (unpaired) electrons. The summed E-state index contributed by atoms with van der Waals surface area (Å²) < 4.78 is 5.90. The third kappa shape index (κ3) is 4.36. The molecule has 0 bridgehead atoms. The molecule has 8 nitrogen and oxygen atoms in total. The van der Waals surface area contributed by atoms with Crippen molar-refractivity contribution in [1.29, 1.82) is 5.26 Å². The van der Waals surface area contributed by atoms with Crippen molar-refractivity contribution in [1.82, 2.24) is 15.5 Å². The van der Waals surface area contributed by atoms with Crippen molar-refractivity contribution in [2.24, 2.45) is 5.92 Å². The summed E-state index contributed by atoms with van der Waals surface area (Å²) in [4.78, 5) is 27.2. The highest BCUT2D eigenvalue weighted by Crippen LogP contribution is 2.40. The van der Waals surface area contributed by atoms with Gasteiger partial charge in [0.05, 0.1) is 17.7 Å². The monoisotopic (exact) mass is 414 g/mol. The van der Waals surface area contributed by atoms with E-state index in [1.54, 1.807) is 36.9 Å². The van der Waals surface area contributed by atoms with E-state index >= 15 is 0 Å². The molecule has 3 atom stereocenters. The SMILES string of the molecule is CC(C)CNC(=O)N1CCC[C@H]1C(=O)N[C@@H]1c2cc(C#N)ccc2OC(C)(C)[C@H]1O. The number of nitriles is 1. The summed E-state index contributed by atoms with van der Waals surface area (Å²) in [5.74, 6) is 0.518. The van der Waals surface area contributed by atoms with Crippen LogP contribution in [0.25, 0.3) is 0 Å². The van der Waals surface area contributed by atoms with Crippen LogP contribution in [0.4, 0.5) is 4.79 Å². The fourth-order valence-electron chi connectivity index (χ4n) is 3.95. The maximum absolute atomic E-state index is 13.1. The van der Waals surface area contributed by atoms with Crippen LogP contribution in [0.2, 0.25) is 0 Å². The van der Waals surface area contributed by atoms with Gasteiger partial charge in [-0.05, 0) is 50.8 Å². The van der Waals surface area contributed by atoms with Crippen molar-refractivity contribution in [3.8, 4) is 11.8 Å². The maximum Gasteiger partial charge on any atom is 0.318 e. The second-order valence-corrected chi connectivity index (χ2v) is 8.93. The second-order valence-electron chi connectivity index (χ2n) is 8.93. The zero-order valence-corrected chi connectivity index (χ0v) is 17.9. The third-order valence-corrected chi connectivity index (χ3v) is 5.65. The summed E-state index contributed by atoms with van der Waals surface area (Å²) >= 11 is 0. The number of amides is 3. The molecule has 0 saturated carbocycles. The van der Waals surface area contributed by atoms with Crippen LogP contribution in [0, 0.1) is 17.2 Å². The van der Waals surface area contributed by atoms with Crippen molar-refractivity contribution >= 4 is 11.9 Å². The molecule has 3 amide bonds. The Kier molecular flexibility index (Phi) is 6.22. The number of likely N-dealkylation sites (tertiary alicyclic amines) is 1. The molecular weight excluding hydrogens is 384 g/mol. The Hall–Kier alpha value is -2.79. The van der Waals surface area contributed by atoms with Crippen LogP contribution in [-0.2, 0) is 4.79 Å². The first-order valence-corrected chi connectivity index (χ1v) is 10.4. The van der Waals surface area contributed by atoms with Gasteiger partial charge in [-0.15, -0.1) is 0 Å². The van der Waals surface area contributed by atoms with E-state index in [9.17, 15) is 20.0 Å². The Balaban J connectivity index is 1.81. The Morgan fingerprint density at radius 2 is 2.13 bits per heavy atom. The zero-order chi connectivity index (χ0) is 22.1. The molecular formula is C22H30N4O4. The predicted octanol–water partition coefficient (Wildman–Crippen LogP) is 2.08. The number of nitrogens with one attached hydrogen (secondary N) is 2. The van der Waals surface area contributed by atoms with Gasteiger partial charge in [0.2, 0.25) is 5.91 Å². The number of carbonyl (C=O) groups excluding carboxylic acids is 2. The molecule has 2 heterocycles. The van der Waals surface area contributed by atoms with Crippen molar-refractivity contribution < 1.29 is 19.4 Å². The third-order valence-electron chi connectivity index (χ3n) is 5.65. The standard InChI is InChI=1S/C22H30N4O4/c1-13(2)12-24-21(29)26-9-5-6-16(26)20(28)25-18-15-10-14(11-23)7-8-17(15)30-22(3,4)19(18)27/h7-8,10,13,16,18-19,27H,5-6,9,12H2,1-4H3,(H,24,29)(H,25,28)/t16-,18+,19-/m0/s1. The van der Waals surface area contributed by atoms with Gasteiger partial charge in [-0.3, -0.25) is 4.79 Å². The van der Waals surface area contributed by atoms with Gasteiger partial charge in [0.1, 0.15) is 23.5 Å². The Bertz CT molecular complexity index is 861.